The SMILES string of the molecule is CC1CC(C)C(C(=O)NCC(C)N2CCCCC2)CC1N. The van der Waals surface area contributed by atoms with E-state index in [1.165, 1.54) is 32.4 Å². The van der Waals surface area contributed by atoms with Crippen LogP contribution in [0.2, 0.25) is 0 Å². The highest BCUT2D eigenvalue weighted by Crippen LogP contribution is 2.32. The average molecular weight is 295 g/mol. The Labute approximate surface area is 129 Å². The Bertz CT molecular complexity index is 341. The van der Waals surface area contributed by atoms with Crippen molar-refractivity contribution in [1.82, 2.24) is 10.2 Å². The molecular weight excluding hydrogens is 262 g/mol. The third kappa shape index (κ3) is 4.43. The Morgan fingerprint density at radius 3 is 2.52 bits per heavy atom. The molecule has 2 fully saturated rings. The van der Waals surface area contributed by atoms with Gasteiger partial charge < -0.3 is 11.1 Å². The van der Waals surface area contributed by atoms with Crippen LogP contribution in [-0.2, 0) is 4.79 Å². The van der Waals surface area contributed by atoms with E-state index in [0.717, 1.165) is 19.4 Å². The highest BCUT2D eigenvalue weighted by atomic mass is 16.1. The van der Waals surface area contributed by atoms with Crippen LogP contribution in [0.1, 0.15) is 52.9 Å². The minimum Gasteiger partial charge on any atom is -0.354 e. The van der Waals surface area contributed by atoms with Gasteiger partial charge in [-0.2, -0.15) is 0 Å². The molecular formula is C17H33N3O. The van der Waals surface area contributed by atoms with Crippen LogP contribution in [0.4, 0.5) is 0 Å². The van der Waals surface area contributed by atoms with Crippen molar-refractivity contribution in [3.63, 3.8) is 0 Å². The molecule has 2 rings (SSSR count). The number of nitrogens with zero attached hydrogens (tertiary/aromatic N) is 1. The van der Waals surface area contributed by atoms with Gasteiger partial charge in [0.25, 0.3) is 0 Å². The quantitative estimate of drug-likeness (QED) is 0.834. The van der Waals surface area contributed by atoms with Gasteiger partial charge in [0.15, 0.2) is 0 Å². The number of likely N-dealkylation sites (tertiary alicyclic amines) is 1. The first-order valence-corrected chi connectivity index (χ1v) is 8.76. The molecule has 1 aliphatic heterocycles. The van der Waals surface area contributed by atoms with Gasteiger partial charge in [0.1, 0.15) is 0 Å². The first-order valence-electron chi connectivity index (χ1n) is 8.76. The largest absolute Gasteiger partial charge is 0.354 e. The summed E-state index contributed by atoms with van der Waals surface area (Å²) in [6, 6.07) is 0.622. The van der Waals surface area contributed by atoms with Gasteiger partial charge >= 0.3 is 0 Å². The molecule has 0 aromatic heterocycles. The second-order valence-electron chi connectivity index (χ2n) is 7.39. The maximum absolute atomic E-state index is 12.5. The van der Waals surface area contributed by atoms with Crippen molar-refractivity contribution in [2.24, 2.45) is 23.5 Å². The zero-order valence-electron chi connectivity index (χ0n) is 14.0. The van der Waals surface area contributed by atoms with Gasteiger partial charge in [0.2, 0.25) is 5.91 Å². The van der Waals surface area contributed by atoms with E-state index in [4.69, 9.17) is 5.73 Å². The average Bonchev–Trinajstić information content (AvgIpc) is 2.49. The van der Waals surface area contributed by atoms with Crippen LogP contribution < -0.4 is 11.1 Å². The van der Waals surface area contributed by atoms with Gasteiger partial charge in [0.05, 0.1) is 0 Å². The smallest absolute Gasteiger partial charge is 0.223 e. The summed E-state index contributed by atoms with van der Waals surface area (Å²) in [6.45, 7) is 9.75. The summed E-state index contributed by atoms with van der Waals surface area (Å²) in [4.78, 5) is 15.0. The van der Waals surface area contributed by atoms with Crippen molar-refractivity contribution in [3.05, 3.63) is 0 Å². The van der Waals surface area contributed by atoms with Gasteiger partial charge in [-0.1, -0.05) is 20.3 Å². The number of piperidine rings is 1. The second-order valence-corrected chi connectivity index (χ2v) is 7.39. The van der Waals surface area contributed by atoms with Crippen LogP contribution in [-0.4, -0.2) is 42.5 Å². The molecule has 21 heavy (non-hydrogen) atoms. The maximum Gasteiger partial charge on any atom is 0.223 e. The molecule has 1 saturated heterocycles. The normalized spacial score (nSPS) is 36.2. The lowest BCUT2D eigenvalue weighted by atomic mass is 9.72. The highest BCUT2D eigenvalue weighted by Gasteiger charge is 2.35. The molecule has 5 atom stereocenters. The Balaban J connectivity index is 1.78. The van der Waals surface area contributed by atoms with Crippen molar-refractivity contribution in [2.75, 3.05) is 19.6 Å². The molecule has 3 N–H and O–H groups in total. The lowest BCUT2D eigenvalue weighted by molar-refractivity contribution is -0.128. The number of amides is 1. The molecule has 2 aliphatic rings. The Hall–Kier alpha value is -0.610. The number of rotatable bonds is 4. The van der Waals surface area contributed by atoms with E-state index in [9.17, 15) is 4.79 Å². The van der Waals surface area contributed by atoms with Crippen LogP contribution in [0.3, 0.4) is 0 Å². The maximum atomic E-state index is 12.5. The molecule has 0 radical (unpaired) electrons. The summed E-state index contributed by atoms with van der Waals surface area (Å²) in [5.74, 6) is 1.31. The summed E-state index contributed by atoms with van der Waals surface area (Å²) >= 11 is 0. The Morgan fingerprint density at radius 1 is 1.19 bits per heavy atom. The lowest BCUT2D eigenvalue weighted by Gasteiger charge is -2.37. The van der Waals surface area contributed by atoms with Crippen LogP contribution in [0.25, 0.3) is 0 Å². The first-order chi connectivity index (χ1) is 9.99. The summed E-state index contributed by atoms with van der Waals surface area (Å²) in [7, 11) is 0. The zero-order chi connectivity index (χ0) is 15.4. The number of carbonyl (C=O) groups excluding carboxylic acids is 1. The molecule has 122 valence electrons. The summed E-state index contributed by atoms with van der Waals surface area (Å²) in [5.41, 5.74) is 6.15. The van der Waals surface area contributed by atoms with Gasteiger partial charge in [-0.15, -0.1) is 0 Å². The van der Waals surface area contributed by atoms with Crippen LogP contribution in [0.15, 0.2) is 0 Å². The molecule has 0 spiro atoms. The van der Waals surface area contributed by atoms with Gasteiger partial charge in [0, 0.05) is 24.5 Å². The standard InChI is InChI=1S/C17H33N3O/c1-12-9-13(2)16(18)10-15(12)17(21)19-11-14(3)20-7-5-4-6-8-20/h12-16H,4-11,18H2,1-3H3,(H,19,21). The zero-order valence-corrected chi connectivity index (χ0v) is 14.0. The number of hydrogen-bond acceptors (Lipinski definition) is 3. The molecule has 1 amide bonds. The fourth-order valence-electron chi connectivity index (χ4n) is 3.92. The molecule has 1 saturated carbocycles. The highest BCUT2D eigenvalue weighted by molar-refractivity contribution is 5.79. The third-order valence-electron chi connectivity index (χ3n) is 5.61. The van der Waals surface area contributed by atoms with Crippen LogP contribution >= 0.6 is 0 Å². The fraction of sp³-hybridized carbons (Fsp3) is 0.941. The minimum absolute atomic E-state index is 0.102. The summed E-state index contributed by atoms with van der Waals surface area (Å²) < 4.78 is 0. The second kappa shape index (κ2) is 7.59. The van der Waals surface area contributed by atoms with E-state index >= 15 is 0 Å². The van der Waals surface area contributed by atoms with Crippen LogP contribution in [0, 0.1) is 17.8 Å². The molecule has 1 heterocycles. The van der Waals surface area contributed by atoms with E-state index in [1.54, 1.807) is 0 Å². The molecule has 4 heteroatoms. The lowest BCUT2D eigenvalue weighted by Crippen LogP contribution is -2.49. The summed E-state index contributed by atoms with van der Waals surface area (Å²) in [5, 5.41) is 3.18. The Kier molecular flexibility index (Phi) is 6.06. The topological polar surface area (TPSA) is 58.4 Å². The van der Waals surface area contributed by atoms with Crippen molar-refractivity contribution >= 4 is 5.91 Å². The fourth-order valence-corrected chi connectivity index (χ4v) is 3.92. The Morgan fingerprint density at radius 2 is 1.86 bits per heavy atom. The van der Waals surface area contributed by atoms with Gasteiger partial charge in [-0.3, -0.25) is 9.69 Å². The van der Waals surface area contributed by atoms with Crippen LogP contribution in [0.5, 0.6) is 0 Å². The summed E-state index contributed by atoms with van der Waals surface area (Å²) in [6.07, 6.45) is 5.85. The molecule has 5 unspecified atom stereocenters. The van der Waals surface area contributed by atoms with Gasteiger partial charge in [-0.05, 0) is 57.5 Å². The first kappa shape index (κ1) is 16.8. The van der Waals surface area contributed by atoms with E-state index < -0.39 is 0 Å². The van der Waals surface area contributed by atoms with E-state index in [-0.39, 0.29) is 17.9 Å². The van der Waals surface area contributed by atoms with Gasteiger partial charge in [-0.25, -0.2) is 0 Å². The van der Waals surface area contributed by atoms with Crippen molar-refractivity contribution < 1.29 is 4.79 Å². The molecule has 0 aromatic carbocycles. The molecule has 0 bridgehead atoms. The molecule has 4 nitrogen and oxygen atoms in total. The van der Waals surface area contributed by atoms with E-state index in [2.05, 4.69) is 31.0 Å². The minimum atomic E-state index is 0.102. The number of hydrogen-bond donors (Lipinski definition) is 2. The van der Waals surface area contributed by atoms with Crippen molar-refractivity contribution in [1.29, 1.82) is 0 Å². The number of nitrogens with two attached hydrogens (primary N) is 1. The van der Waals surface area contributed by atoms with Crippen molar-refractivity contribution in [3.8, 4) is 0 Å². The monoisotopic (exact) mass is 295 g/mol. The van der Waals surface area contributed by atoms with Crippen molar-refractivity contribution in [2.45, 2.75) is 65.0 Å². The van der Waals surface area contributed by atoms with E-state index in [1.807, 2.05) is 0 Å². The molecule has 0 aromatic rings. The molecule has 1 aliphatic carbocycles. The van der Waals surface area contributed by atoms with E-state index in [0.29, 0.717) is 17.9 Å². The number of carbonyl (C=O) groups is 1. The third-order valence-corrected chi connectivity index (χ3v) is 5.61. The number of nitrogens with one attached hydrogen (secondary N) is 1. The predicted octanol–water partition coefficient (Wildman–Crippen LogP) is 1.99. The predicted molar refractivity (Wildman–Crippen MR) is 86.9 cm³/mol.